The average molecular weight is 277 g/mol. The summed E-state index contributed by atoms with van der Waals surface area (Å²) in [4.78, 5) is 0. The first kappa shape index (κ1) is 14.0. The van der Waals surface area contributed by atoms with E-state index in [1.54, 1.807) is 0 Å². The van der Waals surface area contributed by atoms with E-state index in [0.29, 0.717) is 0 Å². The number of ether oxygens (including phenoxy) is 1. The van der Waals surface area contributed by atoms with Gasteiger partial charge in [0.1, 0.15) is 11.5 Å². The molecule has 1 aromatic heterocycles. The van der Waals surface area contributed by atoms with Crippen molar-refractivity contribution < 1.29 is 9.26 Å². The number of rotatable bonds is 7. The maximum atomic E-state index is 5.65. The first-order chi connectivity index (χ1) is 9.27. The van der Waals surface area contributed by atoms with Crippen molar-refractivity contribution in [1.82, 2.24) is 5.16 Å². The van der Waals surface area contributed by atoms with Gasteiger partial charge in [-0.3, -0.25) is 0 Å². The number of hydrogen-bond donors (Lipinski definition) is 0. The van der Waals surface area contributed by atoms with Gasteiger partial charge in [0.2, 0.25) is 0 Å². The zero-order valence-corrected chi connectivity index (χ0v) is 12.2. The summed E-state index contributed by atoms with van der Waals surface area (Å²) in [6.07, 6.45) is 1.04. The Bertz CT molecular complexity index is 477. The van der Waals surface area contributed by atoms with Crippen molar-refractivity contribution in [2.45, 2.75) is 26.0 Å². The predicted octanol–water partition coefficient (Wildman–Crippen LogP) is 3.99. The highest BCUT2D eigenvalue weighted by atomic mass is 32.2. The highest BCUT2D eigenvalue weighted by Gasteiger charge is 2.08. The van der Waals surface area contributed by atoms with E-state index in [1.807, 2.05) is 55.9 Å². The van der Waals surface area contributed by atoms with E-state index in [1.165, 1.54) is 5.56 Å². The van der Waals surface area contributed by atoms with Crippen LogP contribution in [0.25, 0.3) is 0 Å². The molecule has 0 fully saturated rings. The Morgan fingerprint density at radius 3 is 2.68 bits per heavy atom. The molecule has 0 atom stereocenters. The molecule has 0 bridgehead atoms. The molecule has 0 unspecified atom stereocenters. The third-order valence-corrected chi connectivity index (χ3v) is 3.94. The van der Waals surface area contributed by atoms with Gasteiger partial charge in [0.25, 0.3) is 0 Å². The van der Waals surface area contributed by atoms with Crippen molar-refractivity contribution >= 4 is 11.8 Å². The van der Waals surface area contributed by atoms with Crippen LogP contribution in [0.1, 0.15) is 23.4 Å². The minimum absolute atomic E-state index is 0.763. The van der Waals surface area contributed by atoms with Crippen molar-refractivity contribution in [3.8, 4) is 5.75 Å². The third kappa shape index (κ3) is 4.31. The van der Waals surface area contributed by atoms with Crippen LogP contribution < -0.4 is 4.74 Å². The summed E-state index contributed by atoms with van der Waals surface area (Å²) in [5, 5.41) is 3.96. The van der Waals surface area contributed by atoms with E-state index in [9.17, 15) is 0 Å². The molecular formula is C15H19NO2S. The highest BCUT2D eigenvalue weighted by molar-refractivity contribution is 7.98. The van der Waals surface area contributed by atoms with E-state index in [2.05, 4.69) is 5.16 Å². The standard InChI is InChI=1S/C15H19NO2S/c1-12-15(13(2)18-16-12)11-19-10-6-9-17-14-7-4-3-5-8-14/h3-5,7-8H,6,9-11H2,1-2H3. The van der Waals surface area contributed by atoms with Crippen LogP contribution in [-0.4, -0.2) is 17.5 Å². The van der Waals surface area contributed by atoms with Gasteiger partial charge in [-0.15, -0.1) is 0 Å². The average Bonchev–Trinajstić information content (AvgIpc) is 2.75. The lowest BCUT2D eigenvalue weighted by Crippen LogP contribution is -1.98. The maximum Gasteiger partial charge on any atom is 0.137 e. The van der Waals surface area contributed by atoms with E-state index >= 15 is 0 Å². The molecular weight excluding hydrogens is 258 g/mol. The lowest BCUT2D eigenvalue weighted by Gasteiger charge is -2.05. The smallest absolute Gasteiger partial charge is 0.137 e. The van der Waals surface area contributed by atoms with Crippen LogP contribution in [-0.2, 0) is 5.75 Å². The van der Waals surface area contributed by atoms with Crippen LogP contribution in [0.5, 0.6) is 5.75 Å². The largest absolute Gasteiger partial charge is 0.494 e. The molecule has 19 heavy (non-hydrogen) atoms. The topological polar surface area (TPSA) is 35.3 Å². The number of benzene rings is 1. The predicted molar refractivity (Wildman–Crippen MR) is 78.7 cm³/mol. The van der Waals surface area contributed by atoms with Crippen molar-refractivity contribution in [2.24, 2.45) is 0 Å². The Morgan fingerprint density at radius 1 is 1.21 bits per heavy atom. The summed E-state index contributed by atoms with van der Waals surface area (Å²) in [5.74, 6) is 3.92. The number of hydrogen-bond acceptors (Lipinski definition) is 4. The first-order valence-electron chi connectivity index (χ1n) is 6.44. The molecule has 0 radical (unpaired) electrons. The second kappa shape index (κ2) is 7.24. The van der Waals surface area contributed by atoms with Crippen LogP contribution in [0.15, 0.2) is 34.9 Å². The molecule has 0 aliphatic heterocycles. The van der Waals surface area contributed by atoms with Crippen molar-refractivity contribution in [2.75, 3.05) is 12.4 Å². The SMILES string of the molecule is Cc1noc(C)c1CSCCCOc1ccccc1. The van der Waals surface area contributed by atoms with Gasteiger partial charge in [-0.25, -0.2) is 0 Å². The first-order valence-corrected chi connectivity index (χ1v) is 7.60. The fourth-order valence-corrected chi connectivity index (χ4v) is 2.83. The van der Waals surface area contributed by atoms with Gasteiger partial charge in [0, 0.05) is 11.3 Å². The van der Waals surface area contributed by atoms with E-state index < -0.39 is 0 Å². The molecule has 1 heterocycles. The molecule has 1 aromatic carbocycles. The number of nitrogens with zero attached hydrogens (tertiary/aromatic N) is 1. The zero-order valence-electron chi connectivity index (χ0n) is 11.4. The molecule has 0 N–H and O–H groups in total. The number of aryl methyl sites for hydroxylation is 2. The molecule has 0 aliphatic carbocycles. The van der Waals surface area contributed by atoms with Crippen LogP contribution in [0.3, 0.4) is 0 Å². The molecule has 0 spiro atoms. The van der Waals surface area contributed by atoms with Gasteiger partial charge in [-0.1, -0.05) is 23.4 Å². The van der Waals surface area contributed by atoms with Gasteiger partial charge in [0.05, 0.1) is 12.3 Å². The van der Waals surface area contributed by atoms with Crippen LogP contribution in [0.4, 0.5) is 0 Å². The van der Waals surface area contributed by atoms with Crippen molar-refractivity contribution in [1.29, 1.82) is 0 Å². The Kier molecular flexibility index (Phi) is 5.33. The van der Waals surface area contributed by atoms with Gasteiger partial charge in [-0.05, 0) is 38.2 Å². The van der Waals surface area contributed by atoms with E-state index in [4.69, 9.17) is 9.26 Å². The summed E-state index contributed by atoms with van der Waals surface area (Å²) >= 11 is 1.89. The lowest BCUT2D eigenvalue weighted by molar-refractivity contribution is 0.318. The molecule has 2 aromatic rings. The second-order valence-corrected chi connectivity index (χ2v) is 5.48. The minimum Gasteiger partial charge on any atom is -0.494 e. The summed E-state index contributed by atoms with van der Waals surface area (Å²) in [7, 11) is 0. The molecule has 2 rings (SSSR count). The Morgan fingerprint density at radius 2 is 2.00 bits per heavy atom. The number of para-hydroxylation sites is 1. The molecule has 0 saturated carbocycles. The minimum atomic E-state index is 0.763. The Balaban J connectivity index is 1.60. The van der Waals surface area contributed by atoms with Gasteiger partial charge in [0.15, 0.2) is 0 Å². The number of aromatic nitrogens is 1. The van der Waals surface area contributed by atoms with Crippen LogP contribution >= 0.6 is 11.8 Å². The van der Waals surface area contributed by atoms with E-state index in [-0.39, 0.29) is 0 Å². The molecule has 4 heteroatoms. The molecule has 0 saturated heterocycles. The monoisotopic (exact) mass is 277 g/mol. The molecule has 0 aliphatic rings. The van der Waals surface area contributed by atoms with Gasteiger partial charge >= 0.3 is 0 Å². The fourth-order valence-electron chi connectivity index (χ4n) is 1.75. The van der Waals surface area contributed by atoms with Gasteiger partial charge < -0.3 is 9.26 Å². The zero-order chi connectivity index (χ0) is 13.5. The molecule has 102 valence electrons. The third-order valence-electron chi connectivity index (χ3n) is 2.87. The normalized spacial score (nSPS) is 10.6. The fraction of sp³-hybridized carbons (Fsp3) is 0.400. The van der Waals surface area contributed by atoms with Crippen LogP contribution in [0.2, 0.25) is 0 Å². The second-order valence-electron chi connectivity index (χ2n) is 4.37. The lowest BCUT2D eigenvalue weighted by atomic mass is 10.2. The van der Waals surface area contributed by atoms with Crippen LogP contribution in [0, 0.1) is 13.8 Å². The summed E-state index contributed by atoms with van der Waals surface area (Å²) < 4.78 is 10.8. The Hall–Kier alpha value is -1.42. The Labute approximate surface area is 118 Å². The maximum absolute atomic E-state index is 5.65. The highest BCUT2D eigenvalue weighted by Crippen LogP contribution is 2.20. The van der Waals surface area contributed by atoms with Gasteiger partial charge in [-0.2, -0.15) is 11.8 Å². The van der Waals surface area contributed by atoms with Crippen molar-refractivity contribution in [3.05, 3.63) is 47.3 Å². The summed E-state index contributed by atoms with van der Waals surface area (Å²) in [5.41, 5.74) is 2.24. The molecule has 0 amide bonds. The molecule has 3 nitrogen and oxygen atoms in total. The summed E-state index contributed by atoms with van der Waals surface area (Å²) in [6, 6.07) is 9.93. The van der Waals surface area contributed by atoms with E-state index in [0.717, 1.165) is 41.7 Å². The summed E-state index contributed by atoms with van der Waals surface area (Å²) in [6.45, 7) is 4.72. The number of thioether (sulfide) groups is 1. The quantitative estimate of drug-likeness (QED) is 0.717. The van der Waals surface area contributed by atoms with Crippen molar-refractivity contribution in [3.63, 3.8) is 0 Å².